The Morgan fingerprint density at radius 1 is 1.06 bits per heavy atom. The second-order valence-corrected chi connectivity index (χ2v) is 5.91. The number of hydrogen-bond acceptors (Lipinski definition) is 1. The van der Waals surface area contributed by atoms with Gasteiger partial charge in [0.2, 0.25) is 5.91 Å². The first-order valence-electron chi connectivity index (χ1n) is 7.13. The molecule has 1 saturated carbocycles. The van der Waals surface area contributed by atoms with E-state index in [1.54, 1.807) is 0 Å². The first kappa shape index (κ1) is 11.8. The molecule has 1 aromatic carbocycles. The van der Waals surface area contributed by atoms with E-state index in [2.05, 4.69) is 29.6 Å². The number of hydrogen-bond donors (Lipinski definition) is 1. The van der Waals surface area contributed by atoms with Crippen LogP contribution in [0.4, 0.5) is 0 Å². The topological polar surface area (TPSA) is 29.1 Å². The minimum absolute atomic E-state index is 0.105. The fraction of sp³-hybridized carbons (Fsp3) is 0.562. The van der Waals surface area contributed by atoms with E-state index in [-0.39, 0.29) is 11.4 Å². The summed E-state index contributed by atoms with van der Waals surface area (Å²) in [7, 11) is 0. The molecule has 1 N–H and O–H groups in total. The van der Waals surface area contributed by atoms with Crippen LogP contribution < -0.4 is 5.32 Å². The lowest BCUT2D eigenvalue weighted by molar-refractivity contribution is -0.126. The van der Waals surface area contributed by atoms with E-state index < -0.39 is 0 Å². The average molecular weight is 243 g/mol. The maximum Gasteiger partial charge on any atom is 0.221 e. The Balaban J connectivity index is 1.82. The monoisotopic (exact) mass is 243 g/mol. The summed E-state index contributed by atoms with van der Waals surface area (Å²) in [4.78, 5) is 12.0. The predicted octanol–water partition coefficient (Wildman–Crippen LogP) is 3.38. The van der Waals surface area contributed by atoms with Gasteiger partial charge in [0.1, 0.15) is 0 Å². The van der Waals surface area contributed by atoms with E-state index in [9.17, 15) is 4.79 Å². The number of benzene rings is 1. The zero-order valence-electron chi connectivity index (χ0n) is 10.8. The summed E-state index contributed by atoms with van der Waals surface area (Å²) >= 11 is 0. The van der Waals surface area contributed by atoms with Crippen molar-refractivity contribution in [3.63, 3.8) is 0 Å². The van der Waals surface area contributed by atoms with Crippen LogP contribution in [-0.2, 0) is 4.79 Å². The summed E-state index contributed by atoms with van der Waals surface area (Å²) in [5.74, 6) is 0.662. The Hall–Kier alpha value is -1.31. The average Bonchev–Trinajstić information content (AvgIpc) is 2.40. The van der Waals surface area contributed by atoms with Gasteiger partial charge in [0, 0.05) is 12.0 Å². The van der Waals surface area contributed by atoms with Crippen LogP contribution in [0.15, 0.2) is 30.3 Å². The van der Waals surface area contributed by atoms with Crippen LogP contribution in [0.2, 0.25) is 0 Å². The van der Waals surface area contributed by atoms with Gasteiger partial charge in [0.25, 0.3) is 0 Å². The van der Waals surface area contributed by atoms with Gasteiger partial charge in [-0.05, 0) is 30.7 Å². The molecular formula is C16H21NO. The van der Waals surface area contributed by atoms with Crippen molar-refractivity contribution < 1.29 is 4.79 Å². The first-order chi connectivity index (χ1) is 8.77. The number of nitrogens with one attached hydrogen (secondary N) is 1. The normalized spacial score (nSPS) is 26.9. The van der Waals surface area contributed by atoms with Crippen LogP contribution in [0.5, 0.6) is 0 Å². The van der Waals surface area contributed by atoms with E-state index in [0.29, 0.717) is 12.3 Å². The Kier molecular flexibility index (Phi) is 3.11. The van der Waals surface area contributed by atoms with Crippen molar-refractivity contribution in [2.24, 2.45) is 0 Å². The van der Waals surface area contributed by atoms with E-state index in [1.807, 2.05) is 6.07 Å². The molecule has 1 unspecified atom stereocenters. The molecule has 2 heteroatoms. The van der Waals surface area contributed by atoms with Crippen LogP contribution in [0.3, 0.4) is 0 Å². The number of carbonyl (C=O) groups excluding carboxylic acids is 1. The molecule has 1 aromatic rings. The summed E-state index contributed by atoms with van der Waals surface area (Å²) in [5.41, 5.74) is 1.44. The van der Waals surface area contributed by atoms with Gasteiger partial charge in [-0.3, -0.25) is 4.79 Å². The van der Waals surface area contributed by atoms with Gasteiger partial charge in [0.05, 0.1) is 0 Å². The highest BCUT2D eigenvalue weighted by Crippen LogP contribution is 2.40. The molecule has 2 fully saturated rings. The van der Waals surface area contributed by atoms with Crippen LogP contribution >= 0.6 is 0 Å². The van der Waals surface area contributed by atoms with Crippen molar-refractivity contribution in [2.75, 3.05) is 0 Å². The number of piperidine rings is 1. The summed E-state index contributed by atoms with van der Waals surface area (Å²) < 4.78 is 0. The summed E-state index contributed by atoms with van der Waals surface area (Å²) in [6.45, 7) is 0. The second-order valence-electron chi connectivity index (χ2n) is 5.91. The SMILES string of the molecule is O=C1CC(c2ccccc2)CC2(CCCCC2)N1. The van der Waals surface area contributed by atoms with Gasteiger partial charge in [0.15, 0.2) is 0 Å². The molecule has 96 valence electrons. The predicted molar refractivity (Wildman–Crippen MR) is 72.4 cm³/mol. The van der Waals surface area contributed by atoms with E-state index >= 15 is 0 Å². The molecule has 0 bridgehead atoms. The lowest BCUT2D eigenvalue weighted by Gasteiger charge is -2.44. The fourth-order valence-electron chi connectivity index (χ4n) is 3.68. The van der Waals surface area contributed by atoms with Crippen LogP contribution in [0.25, 0.3) is 0 Å². The molecule has 3 rings (SSSR count). The molecule has 1 amide bonds. The Morgan fingerprint density at radius 3 is 2.50 bits per heavy atom. The fourth-order valence-corrected chi connectivity index (χ4v) is 3.68. The summed E-state index contributed by atoms with van der Waals surface area (Å²) in [5, 5.41) is 3.29. The highest BCUT2D eigenvalue weighted by Gasteiger charge is 2.40. The molecule has 18 heavy (non-hydrogen) atoms. The van der Waals surface area contributed by atoms with Gasteiger partial charge in [-0.1, -0.05) is 49.6 Å². The molecule has 1 saturated heterocycles. The van der Waals surface area contributed by atoms with Crippen molar-refractivity contribution in [2.45, 2.75) is 56.4 Å². The third-order valence-electron chi connectivity index (χ3n) is 4.56. The quantitative estimate of drug-likeness (QED) is 0.805. The Labute approximate surface area is 109 Å². The van der Waals surface area contributed by atoms with Crippen LogP contribution in [0, 0.1) is 0 Å². The minimum Gasteiger partial charge on any atom is -0.351 e. The van der Waals surface area contributed by atoms with Crippen molar-refractivity contribution >= 4 is 5.91 Å². The van der Waals surface area contributed by atoms with Gasteiger partial charge in [-0.2, -0.15) is 0 Å². The standard InChI is InChI=1S/C16H21NO/c18-15-11-14(13-7-3-1-4-8-13)12-16(17-15)9-5-2-6-10-16/h1,3-4,7-8,14H,2,5-6,9-12H2,(H,17,18). The summed E-state index contributed by atoms with van der Waals surface area (Å²) in [6, 6.07) is 10.5. The second kappa shape index (κ2) is 4.75. The van der Waals surface area contributed by atoms with Crippen molar-refractivity contribution in [3.05, 3.63) is 35.9 Å². The maximum absolute atomic E-state index is 12.0. The first-order valence-corrected chi connectivity index (χ1v) is 7.13. The Morgan fingerprint density at radius 2 is 1.78 bits per heavy atom. The molecule has 1 spiro atoms. The summed E-state index contributed by atoms with van der Waals surface area (Å²) in [6.07, 6.45) is 7.98. The minimum atomic E-state index is 0.105. The lowest BCUT2D eigenvalue weighted by atomic mass is 9.71. The highest BCUT2D eigenvalue weighted by atomic mass is 16.1. The Bertz CT molecular complexity index is 420. The molecule has 0 aromatic heterocycles. The van der Waals surface area contributed by atoms with Gasteiger partial charge in [-0.25, -0.2) is 0 Å². The van der Waals surface area contributed by atoms with Crippen molar-refractivity contribution in [3.8, 4) is 0 Å². The third-order valence-corrected chi connectivity index (χ3v) is 4.56. The molecule has 0 radical (unpaired) electrons. The molecular weight excluding hydrogens is 222 g/mol. The zero-order valence-corrected chi connectivity index (χ0v) is 10.8. The molecule has 1 aliphatic carbocycles. The van der Waals surface area contributed by atoms with Gasteiger partial charge in [-0.15, -0.1) is 0 Å². The maximum atomic E-state index is 12.0. The molecule has 1 aliphatic heterocycles. The van der Waals surface area contributed by atoms with E-state index in [0.717, 1.165) is 6.42 Å². The smallest absolute Gasteiger partial charge is 0.221 e. The molecule has 2 nitrogen and oxygen atoms in total. The van der Waals surface area contributed by atoms with Crippen LogP contribution in [-0.4, -0.2) is 11.4 Å². The lowest BCUT2D eigenvalue weighted by Crippen LogP contribution is -2.54. The molecule has 1 atom stereocenters. The highest BCUT2D eigenvalue weighted by molar-refractivity contribution is 5.79. The van der Waals surface area contributed by atoms with Gasteiger partial charge < -0.3 is 5.32 Å². The number of amides is 1. The zero-order chi connectivity index (χ0) is 12.4. The van der Waals surface area contributed by atoms with E-state index in [4.69, 9.17) is 0 Å². The molecule has 2 aliphatic rings. The largest absolute Gasteiger partial charge is 0.351 e. The van der Waals surface area contributed by atoms with Crippen molar-refractivity contribution in [1.82, 2.24) is 5.32 Å². The van der Waals surface area contributed by atoms with Gasteiger partial charge >= 0.3 is 0 Å². The van der Waals surface area contributed by atoms with Crippen molar-refractivity contribution in [1.29, 1.82) is 0 Å². The molecule has 1 heterocycles. The number of carbonyl (C=O) groups is 1. The van der Waals surface area contributed by atoms with E-state index in [1.165, 1.54) is 37.7 Å². The number of rotatable bonds is 1. The van der Waals surface area contributed by atoms with Crippen LogP contribution in [0.1, 0.15) is 56.4 Å². The third kappa shape index (κ3) is 2.29.